The fraction of sp³-hybridized carbons (Fsp3) is 0.432. The number of benzene rings is 3. The van der Waals surface area contributed by atoms with Crippen LogP contribution in [0.5, 0.6) is 0 Å². The molecular weight excluding hydrogens is 682 g/mol. The number of rotatable bonds is 8. The summed E-state index contributed by atoms with van der Waals surface area (Å²) in [5.74, 6) is -1.17. The Kier molecular flexibility index (Phi) is 10.8. The number of hydrogen-bond donors (Lipinski definition) is 0. The van der Waals surface area contributed by atoms with Crippen molar-refractivity contribution in [3.8, 4) is 0 Å². The molecule has 3 aromatic rings. The van der Waals surface area contributed by atoms with Crippen LogP contribution >= 0.6 is 0 Å². The minimum Gasteiger partial charge on any atom is -0.447 e. The van der Waals surface area contributed by atoms with Crippen LogP contribution in [0.25, 0.3) is 0 Å². The molecule has 0 aromatic heterocycles. The highest BCUT2D eigenvalue weighted by Gasteiger charge is 2.46. The van der Waals surface area contributed by atoms with E-state index in [-0.39, 0.29) is 51.6 Å². The molecule has 0 radical (unpaired) electrons. The van der Waals surface area contributed by atoms with E-state index in [0.29, 0.717) is 22.6 Å². The second-order valence-electron chi connectivity index (χ2n) is 13.8. The Labute approximate surface area is 291 Å². The van der Waals surface area contributed by atoms with E-state index in [9.17, 15) is 40.7 Å². The number of hydrogen-bond acceptors (Lipinski definition) is 6. The number of cyclic esters (lactones) is 1. The van der Waals surface area contributed by atoms with E-state index in [1.807, 2.05) is 0 Å². The molecular formula is C37H38F6N2O6. The molecule has 51 heavy (non-hydrogen) atoms. The number of likely N-dealkylation sites (tertiary alicyclic amines) is 1. The minimum absolute atomic E-state index is 0.0365. The van der Waals surface area contributed by atoms with Crippen molar-refractivity contribution in [3.63, 3.8) is 0 Å². The molecule has 3 amide bonds. The van der Waals surface area contributed by atoms with Crippen molar-refractivity contribution in [1.82, 2.24) is 9.80 Å². The van der Waals surface area contributed by atoms with Crippen LogP contribution in [0.2, 0.25) is 0 Å². The van der Waals surface area contributed by atoms with Crippen LogP contribution in [0.1, 0.15) is 67.5 Å². The summed E-state index contributed by atoms with van der Waals surface area (Å²) in [4.78, 5) is 42.4. The molecule has 2 aliphatic heterocycles. The molecule has 3 aromatic carbocycles. The molecule has 2 aliphatic rings. The molecule has 0 bridgehead atoms. The maximum atomic E-state index is 14.3. The Morgan fingerprint density at radius 2 is 1.41 bits per heavy atom. The highest BCUT2D eigenvalue weighted by Crippen LogP contribution is 2.41. The van der Waals surface area contributed by atoms with Crippen LogP contribution in [0.3, 0.4) is 0 Å². The summed E-state index contributed by atoms with van der Waals surface area (Å²) in [6.45, 7) is 4.97. The van der Waals surface area contributed by atoms with Gasteiger partial charge in [-0.3, -0.25) is 4.79 Å². The second-order valence-corrected chi connectivity index (χ2v) is 13.8. The highest BCUT2D eigenvalue weighted by atomic mass is 19.4. The SMILES string of the molecule is CC(C)(C)OC(=O)N1CCC(COC(C(=O)N2C(=O)OC[C@@H]2Cc2ccccc2)c2cc(C(F)(F)F)cc(C(F)(F)F)c2)(c2ccccc2)CC1. The van der Waals surface area contributed by atoms with Gasteiger partial charge in [0, 0.05) is 18.5 Å². The van der Waals surface area contributed by atoms with Gasteiger partial charge < -0.3 is 19.1 Å². The van der Waals surface area contributed by atoms with Crippen molar-refractivity contribution in [2.24, 2.45) is 0 Å². The molecule has 5 rings (SSSR count). The summed E-state index contributed by atoms with van der Waals surface area (Å²) >= 11 is 0. The topological polar surface area (TPSA) is 85.4 Å². The number of ether oxygens (including phenoxy) is 3. The molecule has 2 saturated heterocycles. The lowest BCUT2D eigenvalue weighted by molar-refractivity contribution is -0.147. The fourth-order valence-corrected chi connectivity index (χ4v) is 6.33. The maximum Gasteiger partial charge on any atom is 0.417 e. The third-order valence-corrected chi connectivity index (χ3v) is 8.93. The Bertz CT molecular complexity index is 1670. The first kappa shape index (κ1) is 37.7. The molecule has 2 fully saturated rings. The van der Waals surface area contributed by atoms with E-state index < -0.39 is 70.3 Å². The quantitative estimate of drug-likeness (QED) is 0.218. The minimum atomic E-state index is -5.20. The van der Waals surface area contributed by atoms with Crippen LogP contribution in [-0.4, -0.2) is 65.8 Å². The molecule has 1 unspecified atom stereocenters. The smallest absolute Gasteiger partial charge is 0.417 e. The molecule has 0 N–H and O–H groups in total. The van der Waals surface area contributed by atoms with Crippen LogP contribution in [-0.2, 0) is 43.2 Å². The summed E-state index contributed by atoms with van der Waals surface area (Å²) in [6.07, 6.45) is -13.5. The monoisotopic (exact) mass is 720 g/mol. The first-order chi connectivity index (χ1) is 23.9. The maximum absolute atomic E-state index is 14.3. The first-order valence-electron chi connectivity index (χ1n) is 16.3. The lowest BCUT2D eigenvalue weighted by Crippen LogP contribution is -2.49. The average Bonchev–Trinajstić information content (AvgIpc) is 3.43. The lowest BCUT2D eigenvalue weighted by Gasteiger charge is -2.43. The van der Waals surface area contributed by atoms with Crippen molar-refractivity contribution in [3.05, 3.63) is 107 Å². The highest BCUT2D eigenvalue weighted by molar-refractivity contribution is 5.96. The largest absolute Gasteiger partial charge is 0.447 e. The predicted molar refractivity (Wildman–Crippen MR) is 172 cm³/mol. The van der Waals surface area contributed by atoms with E-state index in [4.69, 9.17) is 14.2 Å². The zero-order chi connectivity index (χ0) is 37.2. The number of carbonyl (C=O) groups is 3. The Hall–Kier alpha value is -4.59. The number of halogens is 6. The molecule has 2 heterocycles. The van der Waals surface area contributed by atoms with Crippen LogP contribution in [0, 0.1) is 0 Å². The van der Waals surface area contributed by atoms with Gasteiger partial charge in [0.15, 0.2) is 6.10 Å². The third kappa shape index (κ3) is 9.02. The number of carbonyl (C=O) groups excluding carboxylic acids is 3. The average molecular weight is 721 g/mol. The van der Waals surface area contributed by atoms with Gasteiger partial charge in [0.1, 0.15) is 12.2 Å². The zero-order valence-corrected chi connectivity index (χ0v) is 28.2. The summed E-state index contributed by atoms with van der Waals surface area (Å²) in [5.41, 5.74) is -4.24. The molecule has 0 saturated carbocycles. The third-order valence-electron chi connectivity index (χ3n) is 8.93. The van der Waals surface area contributed by atoms with Crippen molar-refractivity contribution in [2.75, 3.05) is 26.3 Å². The zero-order valence-electron chi connectivity index (χ0n) is 28.2. The van der Waals surface area contributed by atoms with Gasteiger partial charge in [-0.25, -0.2) is 14.5 Å². The van der Waals surface area contributed by atoms with Gasteiger partial charge in [-0.1, -0.05) is 60.7 Å². The standard InChI is InChI=1S/C37H38F6N2O6/c1-34(2,3)51-32(47)44-16-14-35(15-17-44,26-12-8-5-9-13-26)23-50-30(25-19-27(36(38,39)40)21-28(20-25)37(41,42)43)31(46)45-29(22-49-33(45)48)18-24-10-6-4-7-11-24/h4-13,19-21,29-30H,14-18,22-23H2,1-3H3/t29-,30?/m0/s1. The van der Waals surface area contributed by atoms with Gasteiger partial charge in [0.05, 0.1) is 23.8 Å². The second kappa shape index (κ2) is 14.6. The number of nitrogens with zero attached hydrogens (tertiary/aromatic N) is 2. The number of alkyl halides is 6. The van der Waals surface area contributed by atoms with Crippen molar-refractivity contribution in [2.45, 2.75) is 75.5 Å². The number of imide groups is 1. The molecule has 2 atom stereocenters. The number of amides is 3. The summed E-state index contributed by atoms with van der Waals surface area (Å²) in [5, 5.41) is 0. The van der Waals surface area contributed by atoms with E-state index in [0.717, 1.165) is 5.56 Å². The summed E-state index contributed by atoms with van der Waals surface area (Å²) in [6, 6.07) is 17.5. The van der Waals surface area contributed by atoms with E-state index >= 15 is 0 Å². The van der Waals surface area contributed by atoms with E-state index in [2.05, 4.69) is 0 Å². The van der Waals surface area contributed by atoms with Gasteiger partial charge in [0.2, 0.25) is 0 Å². The fourth-order valence-electron chi connectivity index (χ4n) is 6.33. The molecule has 0 aliphatic carbocycles. The van der Waals surface area contributed by atoms with Crippen molar-refractivity contribution in [1.29, 1.82) is 0 Å². The van der Waals surface area contributed by atoms with Gasteiger partial charge >= 0.3 is 24.5 Å². The van der Waals surface area contributed by atoms with E-state index in [1.54, 1.807) is 81.4 Å². The first-order valence-corrected chi connectivity index (χ1v) is 16.3. The Balaban J connectivity index is 1.54. The molecule has 0 spiro atoms. The van der Waals surface area contributed by atoms with Crippen LogP contribution < -0.4 is 0 Å². The van der Waals surface area contributed by atoms with Crippen LogP contribution in [0.15, 0.2) is 78.9 Å². The van der Waals surface area contributed by atoms with Gasteiger partial charge in [0.25, 0.3) is 5.91 Å². The lowest BCUT2D eigenvalue weighted by atomic mass is 9.73. The summed E-state index contributed by atoms with van der Waals surface area (Å²) < 4.78 is 101. The normalized spacial score (nSPS) is 18.7. The molecule has 274 valence electrons. The molecule has 14 heteroatoms. The number of piperidine rings is 1. The van der Waals surface area contributed by atoms with Gasteiger partial charge in [-0.2, -0.15) is 26.3 Å². The van der Waals surface area contributed by atoms with Gasteiger partial charge in [-0.05, 0) is 74.9 Å². The van der Waals surface area contributed by atoms with Gasteiger partial charge in [-0.15, -0.1) is 0 Å². The van der Waals surface area contributed by atoms with E-state index in [1.165, 1.54) is 4.90 Å². The molecule has 8 nitrogen and oxygen atoms in total. The van der Waals surface area contributed by atoms with Crippen molar-refractivity contribution < 1.29 is 54.9 Å². The predicted octanol–water partition coefficient (Wildman–Crippen LogP) is 8.34. The van der Waals surface area contributed by atoms with Crippen molar-refractivity contribution >= 4 is 18.1 Å². The summed E-state index contributed by atoms with van der Waals surface area (Å²) in [7, 11) is 0. The Morgan fingerprint density at radius 1 is 0.863 bits per heavy atom. The van der Waals surface area contributed by atoms with Crippen LogP contribution in [0.4, 0.5) is 35.9 Å². The Morgan fingerprint density at radius 3 is 1.94 bits per heavy atom.